The van der Waals surface area contributed by atoms with Crippen molar-refractivity contribution in [1.29, 1.82) is 0 Å². The highest BCUT2D eigenvalue weighted by molar-refractivity contribution is 5.69. The molecule has 0 atom stereocenters. The molecular formula is C40H62O2. The summed E-state index contributed by atoms with van der Waals surface area (Å²) in [7, 11) is 0. The van der Waals surface area contributed by atoms with Gasteiger partial charge in [0.25, 0.3) is 0 Å². The van der Waals surface area contributed by atoms with Crippen LogP contribution in [0, 0.1) is 37.5 Å². The molecule has 2 aliphatic carbocycles. The van der Waals surface area contributed by atoms with Crippen molar-refractivity contribution in [2.75, 3.05) is 13.2 Å². The van der Waals surface area contributed by atoms with Gasteiger partial charge in [-0.15, -0.1) is 0 Å². The molecule has 0 unspecified atom stereocenters. The monoisotopic (exact) mass is 574 g/mol. The Kier molecular flexibility index (Phi) is 14.1. The third-order valence-electron chi connectivity index (χ3n) is 10.5. The number of hydrogen-bond acceptors (Lipinski definition) is 2. The van der Waals surface area contributed by atoms with Gasteiger partial charge >= 0.3 is 0 Å². The van der Waals surface area contributed by atoms with E-state index < -0.39 is 0 Å². The van der Waals surface area contributed by atoms with Gasteiger partial charge in [-0.05, 0) is 110 Å². The maximum atomic E-state index is 6.33. The summed E-state index contributed by atoms with van der Waals surface area (Å²) >= 11 is 0. The molecule has 0 aliphatic heterocycles. The molecule has 2 nitrogen and oxygen atoms in total. The minimum absolute atomic E-state index is 0.719. The van der Waals surface area contributed by atoms with Crippen molar-refractivity contribution in [3.63, 3.8) is 0 Å². The minimum Gasteiger partial charge on any atom is -0.493 e. The van der Waals surface area contributed by atoms with E-state index in [4.69, 9.17) is 9.47 Å². The van der Waals surface area contributed by atoms with Gasteiger partial charge in [-0.25, -0.2) is 0 Å². The second kappa shape index (κ2) is 18.0. The molecule has 0 amide bonds. The van der Waals surface area contributed by atoms with Gasteiger partial charge in [0.1, 0.15) is 11.5 Å². The van der Waals surface area contributed by atoms with Crippen LogP contribution < -0.4 is 9.47 Å². The summed E-state index contributed by atoms with van der Waals surface area (Å²) in [5.74, 6) is 5.42. The summed E-state index contributed by atoms with van der Waals surface area (Å²) in [5, 5.41) is 0. The standard InChI is InChI=1S/C40H62O2/c1-5-7-8-9-10-11-12-14-34-17-21-35(22-18-34)29-41-38-24-25-39(31(3)28-38)37-23-26-40(32(4)27-37)42-30-36-19-15-33(13-6-2)16-20-36/h23-28,33-36H,5-22,29-30H2,1-4H3. The Labute approximate surface area is 259 Å². The summed E-state index contributed by atoms with van der Waals surface area (Å²) in [6, 6.07) is 13.4. The molecule has 0 spiro atoms. The molecule has 2 fully saturated rings. The van der Waals surface area contributed by atoms with Gasteiger partial charge in [-0.2, -0.15) is 0 Å². The van der Waals surface area contributed by atoms with Gasteiger partial charge < -0.3 is 9.47 Å². The van der Waals surface area contributed by atoms with Crippen LogP contribution >= 0.6 is 0 Å². The van der Waals surface area contributed by atoms with E-state index in [9.17, 15) is 0 Å². The molecule has 42 heavy (non-hydrogen) atoms. The van der Waals surface area contributed by atoms with Crippen LogP contribution in [0.2, 0.25) is 0 Å². The predicted molar refractivity (Wildman–Crippen MR) is 181 cm³/mol. The summed E-state index contributed by atoms with van der Waals surface area (Å²) in [5.41, 5.74) is 5.07. The van der Waals surface area contributed by atoms with Gasteiger partial charge in [-0.3, -0.25) is 0 Å². The topological polar surface area (TPSA) is 18.5 Å². The molecule has 0 aromatic heterocycles. The van der Waals surface area contributed by atoms with Gasteiger partial charge in [0, 0.05) is 0 Å². The molecule has 234 valence electrons. The molecule has 0 radical (unpaired) electrons. The lowest BCUT2D eigenvalue weighted by Gasteiger charge is -2.28. The highest BCUT2D eigenvalue weighted by atomic mass is 16.5. The number of unbranched alkanes of at least 4 members (excludes halogenated alkanes) is 6. The molecule has 2 heteroatoms. The third kappa shape index (κ3) is 10.6. The smallest absolute Gasteiger partial charge is 0.122 e. The van der Waals surface area contributed by atoms with Gasteiger partial charge in [0.05, 0.1) is 13.2 Å². The Morgan fingerprint density at radius 3 is 1.76 bits per heavy atom. The van der Waals surface area contributed by atoms with Gasteiger partial charge in [-0.1, -0.05) is 116 Å². The van der Waals surface area contributed by atoms with Gasteiger partial charge in [0.2, 0.25) is 0 Å². The first-order valence-electron chi connectivity index (χ1n) is 18.0. The lowest BCUT2D eigenvalue weighted by molar-refractivity contribution is 0.177. The second-order valence-corrected chi connectivity index (χ2v) is 14.1. The average molecular weight is 575 g/mol. The van der Waals surface area contributed by atoms with Crippen molar-refractivity contribution in [3.8, 4) is 22.6 Å². The van der Waals surface area contributed by atoms with Gasteiger partial charge in [0.15, 0.2) is 0 Å². The fourth-order valence-corrected chi connectivity index (χ4v) is 7.62. The number of rotatable bonds is 17. The Hall–Kier alpha value is -1.96. The van der Waals surface area contributed by atoms with Crippen LogP contribution in [0.1, 0.15) is 141 Å². The zero-order valence-corrected chi connectivity index (χ0v) is 27.7. The highest BCUT2D eigenvalue weighted by Crippen LogP contribution is 2.35. The highest BCUT2D eigenvalue weighted by Gasteiger charge is 2.22. The fourth-order valence-electron chi connectivity index (χ4n) is 7.62. The lowest BCUT2D eigenvalue weighted by Crippen LogP contribution is -2.20. The van der Waals surface area contributed by atoms with E-state index in [2.05, 4.69) is 64.1 Å². The third-order valence-corrected chi connectivity index (χ3v) is 10.5. The summed E-state index contributed by atoms with van der Waals surface area (Å²) in [4.78, 5) is 0. The number of aryl methyl sites for hydroxylation is 2. The Morgan fingerprint density at radius 2 is 1.14 bits per heavy atom. The molecule has 2 aromatic rings. The molecule has 0 heterocycles. The second-order valence-electron chi connectivity index (χ2n) is 14.1. The minimum atomic E-state index is 0.719. The molecule has 4 rings (SSSR count). The van der Waals surface area contributed by atoms with Crippen molar-refractivity contribution in [3.05, 3.63) is 47.5 Å². The van der Waals surface area contributed by atoms with E-state index in [0.717, 1.165) is 48.4 Å². The summed E-state index contributed by atoms with van der Waals surface area (Å²) < 4.78 is 12.7. The first-order valence-corrected chi connectivity index (χ1v) is 18.0. The zero-order valence-electron chi connectivity index (χ0n) is 27.7. The Balaban J connectivity index is 1.16. The van der Waals surface area contributed by atoms with Crippen molar-refractivity contribution < 1.29 is 9.47 Å². The van der Waals surface area contributed by atoms with Crippen molar-refractivity contribution in [2.45, 2.75) is 143 Å². The molecular weight excluding hydrogens is 512 g/mol. The lowest BCUT2D eigenvalue weighted by atomic mass is 9.80. The summed E-state index contributed by atoms with van der Waals surface area (Å²) in [6.45, 7) is 10.8. The van der Waals surface area contributed by atoms with Crippen molar-refractivity contribution in [1.82, 2.24) is 0 Å². The van der Waals surface area contributed by atoms with Crippen LogP contribution in [0.25, 0.3) is 11.1 Å². The molecule has 0 saturated heterocycles. The molecule has 2 aromatic carbocycles. The quantitative estimate of drug-likeness (QED) is 0.175. The average Bonchev–Trinajstić information content (AvgIpc) is 3.00. The Morgan fingerprint density at radius 1 is 0.548 bits per heavy atom. The molecule has 2 aliphatic rings. The number of benzene rings is 2. The molecule has 0 N–H and O–H groups in total. The number of ether oxygens (including phenoxy) is 2. The summed E-state index contributed by atoms with van der Waals surface area (Å²) in [6.07, 6.45) is 25.1. The van der Waals surface area contributed by atoms with Crippen molar-refractivity contribution in [2.24, 2.45) is 23.7 Å². The van der Waals surface area contributed by atoms with E-state index in [-0.39, 0.29) is 0 Å². The van der Waals surface area contributed by atoms with Crippen LogP contribution in [-0.4, -0.2) is 13.2 Å². The first kappa shape index (κ1) is 32.9. The van der Waals surface area contributed by atoms with Crippen molar-refractivity contribution >= 4 is 0 Å². The SMILES string of the molecule is CCCCCCCCCC1CCC(COc2ccc(-c3ccc(OCC4CCC(CCC)CC4)c(C)c3)c(C)c2)CC1. The molecule has 0 bridgehead atoms. The van der Waals surface area contributed by atoms with Crippen LogP contribution in [0.4, 0.5) is 0 Å². The number of hydrogen-bond donors (Lipinski definition) is 0. The van der Waals surface area contributed by atoms with E-state index >= 15 is 0 Å². The van der Waals surface area contributed by atoms with Crippen LogP contribution in [-0.2, 0) is 0 Å². The predicted octanol–water partition coefficient (Wildman–Crippen LogP) is 12.3. The molecule has 2 saturated carbocycles. The maximum absolute atomic E-state index is 6.33. The zero-order chi connectivity index (χ0) is 29.6. The largest absolute Gasteiger partial charge is 0.493 e. The van der Waals surface area contributed by atoms with Crippen LogP contribution in [0.5, 0.6) is 11.5 Å². The van der Waals surface area contributed by atoms with E-state index in [1.807, 2.05) is 0 Å². The normalized spacial score (nSPS) is 22.7. The Bertz CT molecular complexity index is 1030. The van der Waals surface area contributed by atoms with E-state index in [0.29, 0.717) is 0 Å². The van der Waals surface area contributed by atoms with Crippen LogP contribution in [0.15, 0.2) is 36.4 Å². The fraction of sp³-hybridized carbons (Fsp3) is 0.700. The van der Waals surface area contributed by atoms with Crippen LogP contribution in [0.3, 0.4) is 0 Å². The van der Waals surface area contributed by atoms with E-state index in [1.165, 1.54) is 138 Å². The first-order chi connectivity index (χ1) is 20.6. The maximum Gasteiger partial charge on any atom is 0.122 e. The van der Waals surface area contributed by atoms with E-state index in [1.54, 1.807) is 0 Å².